The Kier molecular flexibility index (Phi) is 4.59. The molecule has 3 nitrogen and oxygen atoms in total. The van der Waals surface area contributed by atoms with E-state index in [1.165, 1.54) is 12.0 Å². The van der Waals surface area contributed by atoms with Crippen LogP contribution < -0.4 is 10.1 Å². The summed E-state index contributed by atoms with van der Waals surface area (Å²) in [6.07, 6.45) is 5.80. The zero-order valence-electron chi connectivity index (χ0n) is 11.6. The highest BCUT2D eigenvalue weighted by Crippen LogP contribution is 2.30. The second kappa shape index (κ2) is 6.19. The minimum Gasteiger partial charge on any atom is -0.474 e. The zero-order chi connectivity index (χ0) is 13.0. The van der Waals surface area contributed by atoms with Crippen LogP contribution in [0.15, 0.2) is 18.3 Å². The molecule has 1 aliphatic carbocycles. The van der Waals surface area contributed by atoms with Gasteiger partial charge in [-0.25, -0.2) is 4.98 Å². The molecule has 0 saturated heterocycles. The van der Waals surface area contributed by atoms with Crippen molar-refractivity contribution in [1.29, 1.82) is 0 Å². The summed E-state index contributed by atoms with van der Waals surface area (Å²) in [6, 6.07) is 4.07. The van der Waals surface area contributed by atoms with Crippen molar-refractivity contribution >= 4 is 0 Å². The molecule has 3 heteroatoms. The van der Waals surface area contributed by atoms with Crippen molar-refractivity contribution in [3.63, 3.8) is 0 Å². The van der Waals surface area contributed by atoms with E-state index >= 15 is 0 Å². The number of hydrogen-bond donors (Lipinski definition) is 1. The van der Waals surface area contributed by atoms with Crippen molar-refractivity contribution in [2.75, 3.05) is 7.05 Å². The number of ether oxygens (including phenoxy) is 1. The lowest BCUT2D eigenvalue weighted by molar-refractivity contribution is 0.0966. The monoisotopic (exact) mass is 248 g/mol. The maximum atomic E-state index is 6.04. The van der Waals surface area contributed by atoms with E-state index in [0.29, 0.717) is 6.10 Å². The quantitative estimate of drug-likeness (QED) is 0.889. The van der Waals surface area contributed by atoms with Gasteiger partial charge in [-0.15, -0.1) is 0 Å². The van der Waals surface area contributed by atoms with E-state index < -0.39 is 0 Å². The Balaban J connectivity index is 1.97. The van der Waals surface area contributed by atoms with Crippen LogP contribution in [0, 0.1) is 11.8 Å². The molecule has 1 N–H and O–H groups in total. The fourth-order valence-electron chi connectivity index (χ4n) is 2.97. The van der Waals surface area contributed by atoms with Crippen LogP contribution in [0.1, 0.15) is 38.7 Å². The fraction of sp³-hybridized carbons (Fsp3) is 0.667. The number of pyridine rings is 1. The Labute approximate surface area is 110 Å². The van der Waals surface area contributed by atoms with Crippen LogP contribution in [-0.4, -0.2) is 18.1 Å². The van der Waals surface area contributed by atoms with Crippen molar-refractivity contribution in [2.24, 2.45) is 11.8 Å². The maximum absolute atomic E-state index is 6.04. The van der Waals surface area contributed by atoms with Crippen molar-refractivity contribution in [3.05, 3.63) is 23.9 Å². The molecule has 100 valence electrons. The SMILES string of the molecule is CNCc1ccnc(OC2CC(C)CC(C)C2)c1. The molecule has 1 aliphatic rings. The first kappa shape index (κ1) is 13.3. The summed E-state index contributed by atoms with van der Waals surface area (Å²) >= 11 is 0. The van der Waals surface area contributed by atoms with Gasteiger partial charge in [-0.2, -0.15) is 0 Å². The molecule has 1 aromatic heterocycles. The molecule has 0 aliphatic heterocycles. The number of hydrogen-bond acceptors (Lipinski definition) is 3. The Hall–Kier alpha value is -1.09. The molecule has 2 unspecified atom stereocenters. The van der Waals surface area contributed by atoms with Gasteiger partial charge in [0.2, 0.25) is 5.88 Å². The summed E-state index contributed by atoms with van der Waals surface area (Å²) < 4.78 is 6.04. The summed E-state index contributed by atoms with van der Waals surface area (Å²) in [5.41, 5.74) is 1.22. The molecule has 1 heterocycles. The number of aromatic nitrogens is 1. The van der Waals surface area contributed by atoms with Gasteiger partial charge in [0.15, 0.2) is 0 Å². The van der Waals surface area contributed by atoms with Crippen LogP contribution in [-0.2, 0) is 6.54 Å². The van der Waals surface area contributed by atoms with Gasteiger partial charge >= 0.3 is 0 Å². The van der Waals surface area contributed by atoms with Gasteiger partial charge in [-0.1, -0.05) is 13.8 Å². The zero-order valence-corrected chi connectivity index (χ0v) is 11.6. The minimum absolute atomic E-state index is 0.334. The van der Waals surface area contributed by atoms with E-state index in [1.807, 2.05) is 25.4 Å². The van der Waals surface area contributed by atoms with Gasteiger partial charge in [0, 0.05) is 18.8 Å². The lowest BCUT2D eigenvalue weighted by atomic mass is 9.82. The normalized spacial score (nSPS) is 28.1. The van der Waals surface area contributed by atoms with Crippen LogP contribution in [0.5, 0.6) is 5.88 Å². The third-order valence-corrected chi connectivity index (χ3v) is 3.60. The van der Waals surface area contributed by atoms with Gasteiger partial charge in [-0.3, -0.25) is 0 Å². The minimum atomic E-state index is 0.334. The predicted octanol–water partition coefficient (Wildman–Crippen LogP) is 3.00. The second-order valence-corrected chi connectivity index (χ2v) is 5.69. The highest BCUT2D eigenvalue weighted by Gasteiger charge is 2.25. The first-order valence-corrected chi connectivity index (χ1v) is 6.93. The van der Waals surface area contributed by atoms with Gasteiger partial charge in [0.05, 0.1) is 0 Å². The highest BCUT2D eigenvalue weighted by molar-refractivity contribution is 5.20. The summed E-state index contributed by atoms with van der Waals surface area (Å²) in [5, 5.41) is 3.15. The standard InChI is InChI=1S/C15H24N2O/c1-11-6-12(2)8-14(7-11)18-15-9-13(10-16-3)4-5-17-15/h4-5,9,11-12,14,16H,6-8,10H2,1-3H3. The molecule has 0 spiro atoms. The Morgan fingerprint density at radius 3 is 2.67 bits per heavy atom. The predicted molar refractivity (Wildman–Crippen MR) is 73.6 cm³/mol. The van der Waals surface area contributed by atoms with Gasteiger partial charge < -0.3 is 10.1 Å². The summed E-state index contributed by atoms with van der Waals surface area (Å²) in [5.74, 6) is 2.30. The van der Waals surface area contributed by atoms with E-state index in [-0.39, 0.29) is 0 Å². The molecule has 1 saturated carbocycles. The van der Waals surface area contributed by atoms with Gasteiger partial charge in [-0.05, 0) is 49.8 Å². The van der Waals surface area contributed by atoms with Crippen molar-refractivity contribution in [3.8, 4) is 5.88 Å². The van der Waals surface area contributed by atoms with E-state index in [2.05, 4.69) is 24.1 Å². The number of nitrogens with one attached hydrogen (secondary N) is 1. The molecule has 18 heavy (non-hydrogen) atoms. The second-order valence-electron chi connectivity index (χ2n) is 5.69. The Morgan fingerprint density at radius 2 is 2.00 bits per heavy atom. The van der Waals surface area contributed by atoms with E-state index in [0.717, 1.165) is 37.1 Å². The first-order valence-electron chi connectivity index (χ1n) is 6.93. The molecule has 2 atom stereocenters. The molecule has 2 rings (SSSR count). The van der Waals surface area contributed by atoms with Crippen molar-refractivity contribution in [1.82, 2.24) is 10.3 Å². The smallest absolute Gasteiger partial charge is 0.213 e. The third kappa shape index (κ3) is 3.70. The summed E-state index contributed by atoms with van der Waals surface area (Å²) in [7, 11) is 1.95. The fourth-order valence-corrected chi connectivity index (χ4v) is 2.97. The Morgan fingerprint density at radius 1 is 1.28 bits per heavy atom. The van der Waals surface area contributed by atoms with Gasteiger partial charge in [0.25, 0.3) is 0 Å². The molecule has 0 bridgehead atoms. The van der Waals surface area contributed by atoms with Crippen LogP contribution in [0.2, 0.25) is 0 Å². The average molecular weight is 248 g/mol. The molecule has 0 amide bonds. The van der Waals surface area contributed by atoms with E-state index in [9.17, 15) is 0 Å². The molecular weight excluding hydrogens is 224 g/mol. The molecule has 1 fully saturated rings. The first-order chi connectivity index (χ1) is 8.67. The largest absolute Gasteiger partial charge is 0.474 e. The van der Waals surface area contributed by atoms with Crippen LogP contribution in [0.4, 0.5) is 0 Å². The lowest BCUT2D eigenvalue weighted by Gasteiger charge is -2.31. The van der Waals surface area contributed by atoms with Crippen LogP contribution in [0.3, 0.4) is 0 Å². The lowest BCUT2D eigenvalue weighted by Crippen LogP contribution is -2.28. The molecule has 0 aromatic carbocycles. The number of rotatable bonds is 4. The highest BCUT2D eigenvalue weighted by atomic mass is 16.5. The van der Waals surface area contributed by atoms with E-state index in [4.69, 9.17) is 4.74 Å². The molecule has 1 aromatic rings. The third-order valence-electron chi connectivity index (χ3n) is 3.60. The topological polar surface area (TPSA) is 34.2 Å². The van der Waals surface area contributed by atoms with Crippen LogP contribution in [0.25, 0.3) is 0 Å². The molecule has 0 radical (unpaired) electrons. The molecular formula is C15H24N2O. The average Bonchev–Trinajstić information content (AvgIpc) is 2.28. The van der Waals surface area contributed by atoms with E-state index in [1.54, 1.807) is 0 Å². The summed E-state index contributed by atoms with van der Waals surface area (Å²) in [4.78, 5) is 4.32. The maximum Gasteiger partial charge on any atom is 0.213 e. The number of nitrogens with zero attached hydrogens (tertiary/aromatic N) is 1. The van der Waals surface area contributed by atoms with Crippen LogP contribution >= 0.6 is 0 Å². The summed E-state index contributed by atoms with van der Waals surface area (Å²) in [6.45, 7) is 5.49. The Bertz CT molecular complexity index is 371. The van der Waals surface area contributed by atoms with Crippen molar-refractivity contribution in [2.45, 2.75) is 45.8 Å². The van der Waals surface area contributed by atoms with Crippen molar-refractivity contribution < 1.29 is 4.74 Å². The van der Waals surface area contributed by atoms with Gasteiger partial charge in [0.1, 0.15) is 6.10 Å².